The molecular weight excluding hydrogens is 384 g/mol. The van der Waals surface area contributed by atoms with Crippen LogP contribution in [0.2, 0.25) is 0 Å². The molecule has 1 amide bonds. The van der Waals surface area contributed by atoms with Gasteiger partial charge in [0, 0.05) is 11.4 Å². The van der Waals surface area contributed by atoms with E-state index in [0.29, 0.717) is 12.4 Å². The van der Waals surface area contributed by atoms with E-state index in [1.165, 1.54) is 6.33 Å². The van der Waals surface area contributed by atoms with E-state index in [4.69, 9.17) is 4.74 Å². The summed E-state index contributed by atoms with van der Waals surface area (Å²) in [5, 5.41) is 6.95. The summed E-state index contributed by atoms with van der Waals surface area (Å²) < 4.78 is 5.14. The molecule has 0 atom stereocenters. The molecule has 0 aliphatic heterocycles. The molecule has 2 N–H and O–H groups in total. The smallest absolute Gasteiger partial charge is 0.239 e. The fraction of sp³-hybridized carbons (Fsp3) is 0.136. The van der Waals surface area contributed by atoms with E-state index >= 15 is 0 Å². The largest absolute Gasteiger partial charge is 0.497 e. The van der Waals surface area contributed by atoms with Crippen LogP contribution in [-0.4, -0.2) is 29.5 Å². The Hall–Kier alpha value is -3.45. The molecule has 4 rings (SSSR count). The number of anilines is 1. The lowest BCUT2D eigenvalue weighted by Gasteiger charge is -2.08. The van der Waals surface area contributed by atoms with Crippen molar-refractivity contribution in [1.82, 2.24) is 15.3 Å². The molecule has 0 fully saturated rings. The van der Waals surface area contributed by atoms with Crippen molar-refractivity contribution in [3.8, 4) is 16.2 Å². The average Bonchev–Trinajstić information content (AvgIpc) is 3.22. The van der Waals surface area contributed by atoms with Gasteiger partial charge < -0.3 is 15.4 Å². The third-order valence-corrected chi connectivity index (χ3v) is 5.54. The highest BCUT2D eigenvalue weighted by Crippen LogP contribution is 2.34. The molecule has 0 unspecified atom stereocenters. The highest BCUT2D eigenvalue weighted by atomic mass is 32.1. The van der Waals surface area contributed by atoms with Crippen LogP contribution in [0.15, 0.2) is 67.0 Å². The number of hydrogen-bond acceptors (Lipinski definition) is 6. The van der Waals surface area contributed by atoms with Crippen LogP contribution in [0.25, 0.3) is 20.7 Å². The molecule has 0 aliphatic carbocycles. The van der Waals surface area contributed by atoms with Gasteiger partial charge in [-0.15, -0.1) is 11.3 Å². The topological polar surface area (TPSA) is 76.1 Å². The number of aromatic nitrogens is 2. The standard InChI is InChI=1S/C22H20N4O2S/c1-28-17-9-7-15(8-10-17)12-23-20(27)13-24-21-18-11-19(16-5-3-2-4-6-16)29-22(18)26-14-25-21/h2-11,14H,12-13H2,1H3,(H,23,27)(H,24,25,26). The third kappa shape index (κ3) is 4.52. The van der Waals surface area contributed by atoms with Gasteiger partial charge in [-0.25, -0.2) is 9.97 Å². The maximum atomic E-state index is 12.2. The number of hydrogen-bond donors (Lipinski definition) is 2. The van der Waals surface area contributed by atoms with Crippen LogP contribution in [-0.2, 0) is 11.3 Å². The molecular formula is C22H20N4O2S. The predicted molar refractivity (Wildman–Crippen MR) is 116 cm³/mol. The van der Waals surface area contributed by atoms with Gasteiger partial charge in [0.2, 0.25) is 5.91 Å². The van der Waals surface area contributed by atoms with E-state index in [9.17, 15) is 4.79 Å². The van der Waals surface area contributed by atoms with E-state index in [2.05, 4.69) is 38.8 Å². The number of thiophene rings is 1. The van der Waals surface area contributed by atoms with Gasteiger partial charge in [-0.05, 0) is 29.3 Å². The van der Waals surface area contributed by atoms with Gasteiger partial charge in [0.05, 0.1) is 19.0 Å². The molecule has 0 aliphatic rings. The van der Waals surface area contributed by atoms with Crippen molar-refractivity contribution < 1.29 is 9.53 Å². The second-order valence-electron chi connectivity index (χ2n) is 6.40. The van der Waals surface area contributed by atoms with E-state index in [0.717, 1.165) is 32.0 Å². The monoisotopic (exact) mass is 404 g/mol. The van der Waals surface area contributed by atoms with Crippen molar-refractivity contribution in [3.63, 3.8) is 0 Å². The number of amides is 1. The van der Waals surface area contributed by atoms with Crippen molar-refractivity contribution in [2.24, 2.45) is 0 Å². The first-order chi connectivity index (χ1) is 14.2. The fourth-order valence-corrected chi connectivity index (χ4v) is 3.92. The summed E-state index contributed by atoms with van der Waals surface area (Å²) in [6.07, 6.45) is 1.52. The Bertz CT molecular complexity index is 1110. The first-order valence-corrected chi connectivity index (χ1v) is 9.98. The second kappa shape index (κ2) is 8.70. The number of benzene rings is 2. The Morgan fingerprint density at radius 3 is 2.62 bits per heavy atom. The van der Waals surface area contributed by atoms with E-state index in [-0.39, 0.29) is 12.5 Å². The number of carbonyl (C=O) groups is 1. The van der Waals surface area contributed by atoms with Crippen LogP contribution in [0.1, 0.15) is 5.56 Å². The fourth-order valence-electron chi connectivity index (χ4n) is 2.91. The molecule has 0 saturated carbocycles. The summed E-state index contributed by atoms with van der Waals surface area (Å²) >= 11 is 1.61. The zero-order chi connectivity index (χ0) is 20.1. The number of nitrogens with one attached hydrogen (secondary N) is 2. The summed E-state index contributed by atoms with van der Waals surface area (Å²) in [6, 6.07) is 19.8. The van der Waals surface area contributed by atoms with Gasteiger partial charge in [-0.2, -0.15) is 0 Å². The minimum absolute atomic E-state index is 0.105. The quantitative estimate of drug-likeness (QED) is 0.485. The Morgan fingerprint density at radius 1 is 1.07 bits per heavy atom. The van der Waals surface area contributed by atoms with E-state index in [1.807, 2.05) is 42.5 Å². The summed E-state index contributed by atoms with van der Waals surface area (Å²) in [6.45, 7) is 0.596. The number of carbonyl (C=O) groups excluding carboxylic acids is 1. The van der Waals surface area contributed by atoms with Crippen LogP contribution < -0.4 is 15.4 Å². The number of nitrogens with zero attached hydrogens (tertiary/aromatic N) is 2. The second-order valence-corrected chi connectivity index (χ2v) is 7.43. The summed E-state index contributed by atoms with van der Waals surface area (Å²) in [5.74, 6) is 1.35. The van der Waals surface area contributed by atoms with Crippen molar-refractivity contribution >= 4 is 33.3 Å². The molecule has 7 heteroatoms. The lowest BCUT2D eigenvalue weighted by molar-refractivity contribution is -0.119. The number of methoxy groups -OCH3 is 1. The Morgan fingerprint density at radius 2 is 1.86 bits per heavy atom. The van der Waals surface area contributed by atoms with Crippen molar-refractivity contribution in [1.29, 1.82) is 0 Å². The molecule has 4 aromatic rings. The van der Waals surface area contributed by atoms with Crippen molar-refractivity contribution in [2.45, 2.75) is 6.54 Å². The lowest BCUT2D eigenvalue weighted by atomic mass is 10.2. The average molecular weight is 404 g/mol. The van der Waals surface area contributed by atoms with Crippen LogP contribution >= 0.6 is 11.3 Å². The summed E-state index contributed by atoms with van der Waals surface area (Å²) in [7, 11) is 1.63. The van der Waals surface area contributed by atoms with Crippen molar-refractivity contribution in [2.75, 3.05) is 19.0 Å². The maximum absolute atomic E-state index is 12.2. The zero-order valence-corrected chi connectivity index (χ0v) is 16.7. The Kier molecular flexibility index (Phi) is 5.67. The highest BCUT2D eigenvalue weighted by molar-refractivity contribution is 7.21. The molecule has 2 aromatic carbocycles. The Labute approximate surface area is 172 Å². The molecule has 6 nitrogen and oxygen atoms in total. The van der Waals surface area contributed by atoms with Crippen LogP contribution in [0.5, 0.6) is 5.75 Å². The predicted octanol–water partition coefficient (Wildman–Crippen LogP) is 4.10. The highest BCUT2D eigenvalue weighted by Gasteiger charge is 2.11. The van der Waals surface area contributed by atoms with Gasteiger partial charge in [-0.3, -0.25) is 4.79 Å². The molecule has 0 radical (unpaired) electrons. The first-order valence-electron chi connectivity index (χ1n) is 9.16. The summed E-state index contributed by atoms with van der Waals surface area (Å²) in [5.41, 5.74) is 2.15. The zero-order valence-electron chi connectivity index (χ0n) is 15.9. The SMILES string of the molecule is COc1ccc(CNC(=O)CNc2ncnc3sc(-c4ccccc4)cc23)cc1. The molecule has 0 bridgehead atoms. The van der Waals surface area contributed by atoms with Gasteiger partial charge in [0.15, 0.2) is 0 Å². The third-order valence-electron chi connectivity index (χ3n) is 4.45. The molecule has 0 saturated heterocycles. The van der Waals surface area contributed by atoms with Crippen LogP contribution in [0, 0.1) is 0 Å². The first kappa shape index (κ1) is 18.9. The van der Waals surface area contributed by atoms with Crippen molar-refractivity contribution in [3.05, 3.63) is 72.6 Å². The Balaban J connectivity index is 1.40. The van der Waals surface area contributed by atoms with Gasteiger partial charge in [-0.1, -0.05) is 42.5 Å². The minimum Gasteiger partial charge on any atom is -0.497 e. The minimum atomic E-state index is -0.105. The number of fused-ring (bicyclic) bond motifs is 1. The molecule has 2 aromatic heterocycles. The van der Waals surface area contributed by atoms with Crippen LogP contribution in [0.3, 0.4) is 0 Å². The van der Waals surface area contributed by atoms with Gasteiger partial charge in [0.25, 0.3) is 0 Å². The molecule has 0 spiro atoms. The molecule has 2 heterocycles. The van der Waals surface area contributed by atoms with Crippen LogP contribution in [0.4, 0.5) is 5.82 Å². The lowest BCUT2D eigenvalue weighted by Crippen LogP contribution is -2.29. The van der Waals surface area contributed by atoms with Gasteiger partial charge >= 0.3 is 0 Å². The normalized spacial score (nSPS) is 10.7. The molecule has 146 valence electrons. The number of ether oxygens (including phenoxy) is 1. The summed E-state index contributed by atoms with van der Waals surface area (Å²) in [4.78, 5) is 22.9. The molecule has 29 heavy (non-hydrogen) atoms. The number of rotatable bonds is 7. The van der Waals surface area contributed by atoms with Gasteiger partial charge in [0.1, 0.15) is 22.7 Å². The van der Waals surface area contributed by atoms with E-state index in [1.54, 1.807) is 18.4 Å². The van der Waals surface area contributed by atoms with E-state index < -0.39 is 0 Å². The maximum Gasteiger partial charge on any atom is 0.239 e.